The van der Waals surface area contributed by atoms with E-state index in [4.69, 9.17) is 0 Å². The van der Waals surface area contributed by atoms with Gasteiger partial charge in [-0.25, -0.2) is 0 Å². The molecule has 0 saturated carbocycles. The van der Waals surface area contributed by atoms with Crippen molar-refractivity contribution < 1.29 is 4.79 Å². The largest absolute Gasteiger partial charge is 0.348 e. The van der Waals surface area contributed by atoms with Gasteiger partial charge in [-0.05, 0) is 12.1 Å². The van der Waals surface area contributed by atoms with Crippen LogP contribution < -0.4 is 0 Å². The molecule has 0 aliphatic heterocycles. The van der Waals surface area contributed by atoms with E-state index < -0.39 is 0 Å². The fraction of sp³-hybridized carbons (Fsp3) is 0.375. The lowest BCUT2D eigenvalue weighted by Crippen LogP contribution is -2.23. The van der Waals surface area contributed by atoms with Crippen molar-refractivity contribution in [2.75, 3.05) is 14.1 Å². The van der Waals surface area contributed by atoms with Gasteiger partial charge < -0.3 is 4.90 Å². The zero-order chi connectivity index (χ0) is 8.97. The molecular weight excluding hydrogens is 154 g/mol. The van der Waals surface area contributed by atoms with E-state index in [0.717, 1.165) is 0 Å². The molecule has 64 valence electrons. The van der Waals surface area contributed by atoms with Crippen molar-refractivity contribution in [1.82, 2.24) is 15.1 Å². The van der Waals surface area contributed by atoms with E-state index in [9.17, 15) is 4.79 Å². The Morgan fingerprint density at radius 1 is 1.58 bits per heavy atom. The minimum atomic E-state index is 0.0375. The number of hydrogen-bond donors (Lipinski definition) is 0. The molecule has 0 radical (unpaired) electrons. The Labute approximate surface area is 71.2 Å². The second kappa shape index (κ2) is 3.80. The van der Waals surface area contributed by atoms with E-state index in [1.165, 1.54) is 4.90 Å². The third kappa shape index (κ3) is 2.30. The Kier molecular flexibility index (Phi) is 2.74. The van der Waals surface area contributed by atoms with Crippen LogP contribution in [-0.2, 0) is 11.2 Å². The highest BCUT2D eigenvalue weighted by Crippen LogP contribution is 1.94. The van der Waals surface area contributed by atoms with Gasteiger partial charge in [-0.3, -0.25) is 4.79 Å². The molecule has 1 rings (SSSR count). The molecule has 0 bridgehead atoms. The van der Waals surface area contributed by atoms with Gasteiger partial charge in [0.25, 0.3) is 0 Å². The maximum atomic E-state index is 11.2. The molecule has 0 fully saturated rings. The van der Waals surface area contributed by atoms with Gasteiger partial charge in [-0.1, -0.05) is 0 Å². The molecule has 1 heterocycles. The Morgan fingerprint density at radius 3 is 2.83 bits per heavy atom. The first-order valence-electron chi connectivity index (χ1n) is 3.67. The van der Waals surface area contributed by atoms with Gasteiger partial charge >= 0.3 is 0 Å². The molecule has 0 aromatic carbocycles. The standard InChI is InChI=1S/C8H11N3O/c1-11(2)8(12)6-7-4-3-5-9-10-7/h3-5H,6H2,1-2H3. The summed E-state index contributed by atoms with van der Waals surface area (Å²) in [6, 6.07) is 3.56. The zero-order valence-electron chi connectivity index (χ0n) is 7.19. The van der Waals surface area contributed by atoms with Crippen molar-refractivity contribution in [2.45, 2.75) is 6.42 Å². The molecule has 0 N–H and O–H groups in total. The summed E-state index contributed by atoms with van der Waals surface area (Å²) in [5, 5.41) is 7.48. The lowest BCUT2D eigenvalue weighted by Gasteiger charge is -2.08. The summed E-state index contributed by atoms with van der Waals surface area (Å²) in [5.41, 5.74) is 0.705. The van der Waals surface area contributed by atoms with Crippen LogP contribution in [0.2, 0.25) is 0 Å². The lowest BCUT2D eigenvalue weighted by atomic mass is 10.3. The van der Waals surface area contributed by atoms with E-state index in [0.29, 0.717) is 12.1 Å². The summed E-state index contributed by atoms with van der Waals surface area (Å²) >= 11 is 0. The summed E-state index contributed by atoms with van der Waals surface area (Å²) in [4.78, 5) is 12.7. The van der Waals surface area contributed by atoms with Crippen LogP contribution in [0.15, 0.2) is 18.3 Å². The van der Waals surface area contributed by atoms with E-state index in [-0.39, 0.29) is 5.91 Å². The van der Waals surface area contributed by atoms with Crippen molar-refractivity contribution in [3.63, 3.8) is 0 Å². The summed E-state index contributed by atoms with van der Waals surface area (Å²) in [6.07, 6.45) is 1.91. The second-order valence-electron chi connectivity index (χ2n) is 2.68. The number of carbonyl (C=O) groups is 1. The maximum absolute atomic E-state index is 11.2. The van der Waals surface area contributed by atoms with Crippen LogP contribution in [0.3, 0.4) is 0 Å². The van der Waals surface area contributed by atoms with Gasteiger partial charge in [0.2, 0.25) is 5.91 Å². The minimum Gasteiger partial charge on any atom is -0.348 e. The van der Waals surface area contributed by atoms with Gasteiger partial charge in [0, 0.05) is 20.3 Å². The van der Waals surface area contributed by atoms with E-state index >= 15 is 0 Å². The summed E-state index contributed by atoms with van der Waals surface area (Å²) in [7, 11) is 3.44. The highest BCUT2D eigenvalue weighted by molar-refractivity contribution is 5.77. The van der Waals surface area contributed by atoms with Crippen LogP contribution in [0.5, 0.6) is 0 Å². The molecule has 0 aliphatic carbocycles. The van der Waals surface area contributed by atoms with Crippen molar-refractivity contribution in [2.24, 2.45) is 0 Å². The van der Waals surface area contributed by atoms with Crippen molar-refractivity contribution in [3.8, 4) is 0 Å². The van der Waals surface area contributed by atoms with E-state index in [2.05, 4.69) is 10.2 Å². The third-order valence-corrected chi connectivity index (χ3v) is 1.46. The molecule has 0 unspecified atom stereocenters. The predicted octanol–water partition coefficient (Wildman–Crippen LogP) is 0.107. The number of rotatable bonds is 2. The predicted molar refractivity (Wildman–Crippen MR) is 44.4 cm³/mol. The SMILES string of the molecule is CN(C)C(=O)Cc1cccnn1. The van der Waals surface area contributed by atoms with E-state index in [1.807, 2.05) is 0 Å². The Bertz CT molecular complexity index is 258. The van der Waals surface area contributed by atoms with Gasteiger partial charge in [-0.2, -0.15) is 10.2 Å². The number of amides is 1. The van der Waals surface area contributed by atoms with Crippen LogP contribution >= 0.6 is 0 Å². The average molecular weight is 165 g/mol. The molecule has 0 aliphatic rings. The maximum Gasteiger partial charge on any atom is 0.228 e. The Balaban J connectivity index is 2.59. The normalized spacial score (nSPS) is 9.50. The lowest BCUT2D eigenvalue weighted by molar-refractivity contribution is -0.128. The molecule has 1 aromatic heterocycles. The number of carbonyl (C=O) groups excluding carboxylic acids is 1. The highest BCUT2D eigenvalue weighted by Gasteiger charge is 2.05. The molecule has 12 heavy (non-hydrogen) atoms. The number of hydrogen-bond acceptors (Lipinski definition) is 3. The molecule has 0 spiro atoms. The van der Waals surface area contributed by atoms with Crippen LogP contribution in [0.1, 0.15) is 5.69 Å². The minimum absolute atomic E-state index is 0.0375. The Morgan fingerprint density at radius 2 is 2.33 bits per heavy atom. The summed E-state index contributed by atoms with van der Waals surface area (Å²) in [5.74, 6) is 0.0375. The molecule has 4 nitrogen and oxygen atoms in total. The van der Waals surface area contributed by atoms with Gasteiger partial charge in [-0.15, -0.1) is 0 Å². The molecule has 4 heteroatoms. The van der Waals surface area contributed by atoms with Gasteiger partial charge in [0.05, 0.1) is 12.1 Å². The molecule has 0 atom stereocenters. The van der Waals surface area contributed by atoms with Crippen LogP contribution in [0.4, 0.5) is 0 Å². The second-order valence-corrected chi connectivity index (χ2v) is 2.68. The van der Waals surface area contributed by atoms with Crippen molar-refractivity contribution in [1.29, 1.82) is 0 Å². The first kappa shape index (κ1) is 8.64. The van der Waals surface area contributed by atoms with Crippen LogP contribution in [0, 0.1) is 0 Å². The topological polar surface area (TPSA) is 46.1 Å². The van der Waals surface area contributed by atoms with Gasteiger partial charge in [0.15, 0.2) is 0 Å². The molecule has 1 aromatic rings. The average Bonchev–Trinajstić information content (AvgIpc) is 2.06. The third-order valence-electron chi connectivity index (χ3n) is 1.46. The van der Waals surface area contributed by atoms with Crippen LogP contribution in [0.25, 0.3) is 0 Å². The van der Waals surface area contributed by atoms with Crippen molar-refractivity contribution in [3.05, 3.63) is 24.0 Å². The molecule has 0 saturated heterocycles. The first-order chi connectivity index (χ1) is 5.70. The highest BCUT2D eigenvalue weighted by atomic mass is 16.2. The Hall–Kier alpha value is -1.45. The zero-order valence-corrected chi connectivity index (χ0v) is 7.19. The summed E-state index contributed by atoms with van der Waals surface area (Å²) < 4.78 is 0. The first-order valence-corrected chi connectivity index (χ1v) is 3.67. The molecule has 1 amide bonds. The quantitative estimate of drug-likeness (QED) is 0.624. The summed E-state index contributed by atoms with van der Waals surface area (Å²) in [6.45, 7) is 0. The monoisotopic (exact) mass is 165 g/mol. The fourth-order valence-corrected chi connectivity index (χ4v) is 0.741. The fourth-order valence-electron chi connectivity index (χ4n) is 0.741. The number of nitrogens with zero attached hydrogens (tertiary/aromatic N) is 3. The smallest absolute Gasteiger partial charge is 0.228 e. The van der Waals surface area contributed by atoms with Crippen LogP contribution in [-0.4, -0.2) is 35.1 Å². The van der Waals surface area contributed by atoms with Crippen molar-refractivity contribution >= 4 is 5.91 Å². The van der Waals surface area contributed by atoms with E-state index in [1.54, 1.807) is 32.4 Å². The number of aromatic nitrogens is 2. The molecular formula is C8H11N3O. The van der Waals surface area contributed by atoms with Gasteiger partial charge in [0.1, 0.15) is 0 Å². The number of likely N-dealkylation sites (N-methyl/N-ethyl adjacent to an activating group) is 1.